The van der Waals surface area contributed by atoms with Crippen molar-refractivity contribution in [1.29, 1.82) is 0 Å². The van der Waals surface area contributed by atoms with Crippen LogP contribution in [0.4, 0.5) is 5.69 Å². The van der Waals surface area contributed by atoms with Gasteiger partial charge < -0.3 is 19.7 Å². The van der Waals surface area contributed by atoms with Gasteiger partial charge in [0, 0.05) is 30.2 Å². The smallest absolute Gasteiger partial charge is 0.311 e. The van der Waals surface area contributed by atoms with E-state index < -0.39 is 16.9 Å². The van der Waals surface area contributed by atoms with Crippen molar-refractivity contribution in [3.63, 3.8) is 0 Å². The Labute approximate surface area is 185 Å². The summed E-state index contributed by atoms with van der Waals surface area (Å²) in [6, 6.07) is 10.2. The first-order valence-corrected chi connectivity index (χ1v) is 9.92. The van der Waals surface area contributed by atoms with Gasteiger partial charge in [-0.3, -0.25) is 19.7 Å². The molecule has 0 radical (unpaired) electrons. The molecule has 0 aliphatic carbocycles. The molecule has 0 saturated heterocycles. The van der Waals surface area contributed by atoms with Gasteiger partial charge in [0.2, 0.25) is 11.7 Å². The number of rotatable bonds is 10. The molecule has 0 heterocycles. The van der Waals surface area contributed by atoms with Gasteiger partial charge in [-0.25, -0.2) is 0 Å². The maximum atomic E-state index is 13.0. The number of nitro benzene ring substituents is 1. The third kappa shape index (κ3) is 6.32. The standard InChI is InChI=1S/C21H24ClN3O6/c1-4-23-21(27)14(2)24(12-15-7-5-6-8-17(15)22)20(26)13-31-16-9-10-18(25(28)29)19(11-16)30-3/h5-11,14H,4,12-13H2,1-3H3,(H,23,27). The van der Waals surface area contributed by atoms with E-state index in [0.29, 0.717) is 17.1 Å². The second-order valence-corrected chi connectivity index (χ2v) is 6.97. The van der Waals surface area contributed by atoms with E-state index in [2.05, 4.69) is 5.32 Å². The van der Waals surface area contributed by atoms with E-state index in [-0.39, 0.29) is 36.2 Å². The lowest BCUT2D eigenvalue weighted by Crippen LogP contribution is -2.49. The zero-order chi connectivity index (χ0) is 23.0. The fourth-order valence-corrected chi connectivity index (χ4v) is 3.04. The SMILES string of the molecule is CCNC(=O)C(C)N(Cc1ccccc1Cl)C(=O)COc1ccc([N+](=O)[O-])c(OC)c1. The van der Waals surface area contributed by atoms with Crippen LogP contribution in [0.25, 0.3) is 0 Å². The average molecular weight is 450 g/mol. The summed E-state index contributed by atoms with van der Waals surface area (Å²) >= 11 is 6.23. The molecule has 1 atom stereocenters. The largest absolute Gasteiger partial charge is 0.490 e. The number of hydrogen-bond donors (Lipinski definition) is 1. The second kappa shape index (κ2) is 11.2. The van der Waals surface area contributed by atoms with Crippen molar-refractivity contribution in [3.05, 3.63) is 63.2 Å². The number of nitro groups is 1. The van der Waals surface area contributed by atoms with E-state index in [1.807, 2.05) is 0 Å². The monoisotopic (exact) mass is 449 g/mol. The number of halogens is 1. The van der Waals surface area contributed by atoms with Crippen LogP contribution >= 0.6 is 11.6 Å². The number of ether oxygens (including phenoxy) is 2. The summed E-state index contributed by atoms with van der Waals surface area (Å²) in [5, 5.41) is 14.2. The van der Waals surface area contributed by atoms with Crippen LogP contribution in [0.1, 0.15) is 19.4 Å². The topological polar surface area (TPSA) is 111 Å². The van der Waals surface area contributed by atoms with E-state index in [1.54, 1.807) is 38.1 Å². The van der Waals surface area contributed by atoms with Crippen molar-refractivity contribution < 1.29 is 24.0 Å². The highest BCUT2D eigenvalue weighted by atomic mass is 35.5. The summed E-state index contributed by atoms with van der Waals surface area (Å²) < 4.78 is 10.5. The highest BCUT2D eigenvalue weighted by Gasteiger charge is 2.27. The predicted octanol–water partition coefficient (Wildman–Crippen LogP) is 3.19. The first-order valence-electron chi connectivity index (χ1n) is 9.54. The Hall–Kier alpha value is -3.33. The number of nitrogens with zero attached hydrogens (tertiary/aromatic N) is 2. The van der Waals surface area contributed by atoms with Crippen LogP contribution < -0.4 is 14.8 Å². The lowest BCUT2D eigenvalue weighted by Gasteiger charge is -2.29. The van der Waals surface area contributed by atoms with Crippen LogP contribution in [0, 0.1) is 10.1 Å². The van der Waals surface area contributed by atoms with E-state index in [1.165, 1.54) is 30.2 Å². The summed E-state index contributed by atoms with van der Waals surface area (Å²) in [5.74, 6) is -0.520. The van der Waals surface area contributed by atoms with Gasteiger partial charge in [0.25, 0.3) is 5.91 Å². The first-order chi connectivity index (χ1) is 14.8. The third-order valence-corrected chi connectivity index (χ3v) is 4.90. The molecule has 1 unspecified atom stereocenters. The summed E-state index contributed by atoms with van der Waals surface area (Å²) in [4.78, 5) is 37.1. The Balaban J connectivity index is 2.19. The van der Waals surface area contributed by atoms with Crippen LogP contribution in [-0.2, 0) is 16.1 Å². The summed E-state index contributed by atoms with van der Waals surface area (Å²) in [7, 11) is 1.30. The highest BCUT2D eigenvalue weighted by molar-refractivity contribution is 6.31. The maximum absolute atomic E-state index is 13.0. The van der Waals surface area contributed by atoms with Crippen LogP contribution in [0.2, 0.25) is 5.02 Å². The molecule has 1 N–H and O–H groups in total. The van der Waals surface area contributed by atoms with Crippen molar-refractivity contribution in [2.45, 2.75) is 26.4 Å². The Morgan fingerprint density at radius 3 is 2.58 bits per heavy atom. The molecule has 166 valence electrons. The normalized spacial score (nSPS) is 11.4. The molecule has 2 aromatic carbocycles. The number of carbonyl (C=O) groups excluding carboxylic acids is 2. The third-order valence-electron chi connectivity index (χ3n) is 4.53. The fraction of sp³-hybridized carbons (Fsp3) is 0.333. The Morgan fingerprint density at radius 2 is 1.97 bits per heavy atom. The molecule has 0 aromatic heterocycles. The van der Waals surface area contributed by atoms with Crippen LogP contribution in [0.15, 0.2) is 42.5 Å². The van der Waals surface area contributed by atoms with Gasteiger partial charge in [0.05, 0.1) is 12.0 Å². The minimum Gasteiger partial charge on any atom is -0.490 e. The van der Waals surface area contributed by atoms with Crippen LogP contribution in [0.3, 0.4) is 0 Å². The second-order valence-electron chi connectivity index (χ2n) is 6.56. The minimum atomic E-state index is -0.765. The lowest BCUT2D eigenvalue weighted by molar-refractivity contribution is -0.385. The summed E-state index contributed by atoms with van der Waals surface area (Å²) in [6.45, 7) is 3.57. The molecule has 2 amide bonds. The molecule has 0 spiro atoms. The zero-order valence-electron chi connectivity index (χ0n) is 17.5. The Kier molecular flexibility index (Phi) is 8.63. The quantitative estimate of drug-likeness (QED) is 0.440. The highest BCUT2D eigenvalue weighted by Crippen LogP contribution is 2.30. The summed E-state index contributed by atoms with van der Waals surface area (Å²) in [6.07, 6.45) is 0. The molecular weight excluding hydrogens is 426 g/mol. The van der Waals surface area contributed by atoms with Gasteiger partial charge in [-0.05, 0) is 31.5 Å². The number of nitrogens with one attached hydrogen (secondary N) is 1. The van der Waals surface area contributed by atoms with Gasteiger partial charge in [-0.15, -0.1) is 0 Å². The van der Waals surface area contributed by atoms with Gasteiger partial charge in [0.1, 0.15) is 11.8 Å². The van der Waals surface area contributed by atoms with Gasteiger partial charge in [0.15, 0.2) is 6.61 Å². The van der Waals surface area contributed by atoms with Crippen LogP contribution in [-0.4, -0.2) is 47.9 Å². The Morgan fingerprint density at radius 1 is 1.26 bits per heavy atom. The number of carbonyl (C=O) groups is 2. The molecule has 31 heavy (non-hydrogen) atoms. The molecule has 9 nitrogen and oxygen atoms in total. The molecule has 0 fully saturated rings. The number of amides is 2. The molecule has 0 aliphatic heterocycles. The zero-order valence-corrected chi connectivity index (χ0v) is 18.2. The van der Waals surface area contributed by atoms with E-state index in [4.69, 9.17) is 21.1 Å². The molecule has 2 rings (SSSR count). The van der Waals surface area contributed by atoms with Gasteiger partial charge in [-0.2, -0.15) is 0 Å². The van der Waals surface area contributed by atoms with E-state index in [0.717, 1.165) is 0 Å². The number of hydrogen-bond acceptors (Lipinski definition) is 6. The van der Waals surface area contributed by atoms with E-state index in [9.17, 15) is 19.7 Å². The van der Waals surface area contributed by atoms with Gasteiger partial charge >= 0.3 is 5.69 Å². The lowest BCUT2D eigenvalue weighted by atomic mass is 10.1. The van der Waals surface area contributed by atoms with Gasteiger partial charge in [-0.1, -0.05) is 29.8 Å². The number of likely N-dealkylation sites (N-methyl/N-ethyl adjacent to an activating group) is 1. The molecule has 0 saturated carbocycles. The number of benzene rings is 2. The van der Waals surface area contributed by atoms with Crippen molar-refractivity contribution >= 4 is 29.1 Å². The summed E-state index contributed by atoms with van der Waals surface area (Å²) in [5.41, 5.74) is 0.469. The van der Waals surface area contributed by atoms with Crippen molar-refractivity contribution in [3.8, 4) is 11.5 Å². The predicted molar refractivity (Wildman–Crippen MR) is 115 cm³/mol. The van der Waals surface area contributed by atoms with Crippen molar-refractivity contribution in [2.24, 2.45) is 0 Å². The molecular formula is C21H24ClN3O6. The molecule has 2 aromatic rings. The molecule has 0 bridgehead atoms. The van der Waals surface area contributed by atoms with Crippen molar-refractivity contribution in [1.82, 2.24) is 10.2 Å². The minimum absolute atomic E-state index is 0.0126. The fourth-order valence-electron chi connectivity index (χ4n) is 2.84. The first kappa shape index (κ1) is 23.9. The van der Waals surface area contributed by atoms with Crippen molar-refractivity contribution in [2.75, 3.05) is 20.3 Å². The maximum Gasteiger partial charge on any atom is 0.311 e. The number of methoxy groups -OCH3 is 1. The molecule has 0 aliphatic rings. The Bertz CT molecular complexity index is 952. The molecule has 10 heteroatoms. The van der Waals surface area contributed by atoms with Crippen LogP contribution in [0.5, 0.6) is 11.5 Å². The van der Waals surface area contributed by atoms with E-state index >= 15 is 0 Å². The average Bonchev–Trinajstić information content (AvgIpc) is 2.76.